The van der Waals surface area contributed by atoms with Crippen LogP contribution in [0, 0.1) is 0 Å². The molecule has 0 radical (unpaired) electrons. The fourth-order valence-electron chi connectivity index (χ4n) is 3.67. The lowest BCUT2D eigenvalue weighted by molar-refractivity contribution is -0.107. The van der Waals surface area contributed by atoms with E-state index in [0.29, 0.717) is 48.3 Å². The summed E-state index contributed by atoms with van der Waals surface area (Å²) in [6.07, 6.45) is 3.43. The highest BCUT2D eigenvalue weighted by atomic mass is 16.7. The molecule has 0 fully saturated rings. The Hall–Kier alpha value is -4.10. The van der Waals surface area contributed by atoms with Crippen LogP contribution in [0.3, 0.4) is 0 Å². The lowest BCUT2D eigenvalue weighted by atomic mass is 10.0. The molecule has 35 heavy (non-hydrogen) atoms. The zero-order valence-corrected chi connectivity index (χ0v) is 19.7. The van der Waals surface area contributed by atoms with E-state index >= 15 is 0 Å². The van der Waals surface area contributed by atoms with Gasteiger partial charge < -0.3 is 28.2 Å². The first-order valence-corrected chi connectivity index (χ1v) is 11.2. The Labute approximate surface area is 204 Å². The first-order valence-electron chi connectivity index (χ1n) is 11.2. The van der Waals surface area contributed by atoms with Crippen LogP contribution in [0.15, 0.2) is 77.4 Å². The number of hydrogen-bond acceptors (Lipinski definition) is 7. The Morgan fingerprint density at radius 2 is 1.80 bits per heavy atom. The summed E-state index contributed by atoms with van der Waals surface area (Å²) < 4.78 is 28.3. The fraction of sp³-hybridized carbons (Fsp3) is 0.214. The fourth-order valence-corrected chi connectivity index (χ4v) is 3.67. The van der Waals surface area contributed by atoms with Gasteiger partial charge in [-0.05, 0) is 41.8 Å². The van der Waals surface area contributed by atoms with Gasteiger partial charge >= 0.3 is 0 Å². The Bertz CT molecular complexity index is 1250. The van der Waals surface area contributed by atoms with Gasteiger partial charge in [-0.3, -0.25) is 0 Å². The van der Waals surface area contributed by atoms with Gasteiger partial charge in [0.1, 0.15) is 30.6 Å². The molecule has 4 rings (SSSR count). The number of aryl methyl sites for hydroxylation is 1. The molecule has 0 aliphatic carbocycles. The first kappa shape index (κ1) is 24.0. The number of aldehydes is 1. The highest BCUT2D eigenvalue weighted by Crippen LogP contribution is 2.37. The number of benzene rings is 3. The van der Waals surface area contributed by atoms with Gasteiger partial charge in [-0.1, -0.05) is 42.5 Å². The lowest BCUT2D eigenvalue weighted by Crippen LogP contribution is -2.04. The third-order valence-corrected chi connectivity index (χ3v) is 5.38. The van der Waals surface area contributed by atoms with Crippen molar-refractivity contribution in [3.05, 3.63) is 84.1 Å². The number of ether oxygens (including phenoxy) is 4. The molecule has 0 atom stereocenters. The minimum Gasteiger partial charge on any atom is -0.493 e. The molecular weight excluding hydrogens is 446 g/mol. The van der Waals surface area contributed by atoms with E-state index in [1.165, 1.54) is 0 Å². The van der Waals surface area contributed by atoms with Crippen molar-refractivity contribution < 1.29 is 28.2 Å². The summed E-state index contributed by atoms with van der Waals surface area (Å²) in [4.78, 5) is 15.6. The van der Waals surface area contributed by atoms with E-state index in [4.69, 9.17) is 28.3 Å². The van der Waals surface area contributed by atoms with Crippen molar-refractivity contribution in [1.82, 2.24) is 4.98 Å². The second-order valence-electron chi connectivity index (χ2n) is 7.73. The largest absolute Gasteiger partial charge is 0.493 e. The molecule has 7 heteroatoms. The average molecular weight is 474 g/mol. The molecule has 7 nitrogen and oxygen atoms in total. The van der Waals surface area contributed by atoms with Gasteiger partial charge in [0.15, 0.2) is 18.3 Å². The summed E-state index contributed by atoms with van der Waals surface area (Å²) in [7, 11) is 3.16. The molecule has 4 aromatic rings. The number of methoxy groups -OCH3 is 2. The van der Waals surface area contributed by atoms with Gasteiger partial charge in [-0.25, -0.2) is 4.98 Å². The summed E-state index contributed by atoms with van der Waals surface area (Å²) in [5.41, 5.74) is 4.07. The molecule has 0 unspecified atom stereocenters. The number of para-hydroxylation sites is 1. The van der Waals surface area contributed by atoms with E-state index < -0.39 is 0 Å². The van der Waals surface area contributed by atoms with E-state index in [1.807, 2.05) is 66.7 Å². The topological polar surface area (TPSA) is 80.0 Å². The first-order chi connectivity index (χ1) is 17.2. The van der Waals surface area contributed by atoms with Crippen LogP contribution in [0.25, 0.3) is 22.7 Å². The number of carbonyl (C=O) groups excluding carboxylic acids is 1. The predicted octanol–water partition coefficient (Wildman–Crippen LogP) is 5.71. The van der Waals surface area contributed by atoms with E-state index in [-0.39, 0.29) is 6.79 Å². The molecule has 1 aromatic heterocycles. The minimum atomic E-state index is 0.0798. The SMILES string of the molecule is COCOc1c(CCC=O)cccc1-c1coc(-c2ccc(OC)c(OCc3ccccc3)c2)n1. The van der Waals surface area contributed by atoms with Crippen molar-refractivity contribution in [3.63, 3.8) is 0 Å². The van der Waals surface area contributed by atoms with E-state index in [2.05, 4.69) is 0 Å². The third kappa shape index (κ3) is 5.88. The number of oxazole rings is 1. The molecule has 0 aliphatic rings. The average Bonchev–Trinajstić information content (AvgIpc) is 3.40. The lowest BCUT2D eigenvalue weighted by Gasteiger charge is -2.13. The molecule has 0 spiro atoms. The van der Waals surface area contributed by atoms with Crippen LogP contribution in [0.4, 0.5) is 0 Å². The van der Waals surface area contributed by atoms with Gasteiger partial charge in [-0.2, -0.15) is 0 Å². The third-order valence-electron chi connectivity index (χ3n) is 5.38. The quantitative estimate of drug-likeness (QED) is 0.193. The number of rotatable bonds is 12. The second-order valence-corrected chi connectivity index (χ2v) is 7.73. The Balaban J connectivity index is 1.62. The number of aromatic nitrogens is 1. The summed E-state index contributed by atoms with van der Waals surface area (Å²) in [6.45, 7) is 0.488. The summed E-state index contributed by atoms with van der Waals surface area (Å²) in [5, 5.41) is 0. The van der Waals surface area contributed by atoms with Crippen LogP contribution in [-0.2, 0) is 22.6 Å². The second kappa shape index (κ2) is 11.9. The number of nitrogens with zero attached hydrogens (tertiary/aromatic N) is 1. The van der Waals surface area contributed by atoms with Crippen LogP contribution >= 0.6 is 0 Å². The summed E-state index contributed by atoms with van der Waals surface area (Å²) in [5.74, 6) is 2.27. The zero-order chi connectivity index (χ0) is 24.5. The zero-order valence-electron chi connectivity index (χ0n) is 19.7. The predicted molar refractivity (Wildman–Crippen MR) is 132 cm³/mol. The molecule has 1 heterocycles. The van der Waals surface area contributed by atoms with Crippen molar-refractivity contribution >= 4 is 6.29 Å². The summed E-state index contributed by atoms with van der Waals surface area (Å²) in [6, 6.07) is 21.2. The highest BCUT2D eigenvalue weighted by molar-refractivity contribution is 5.71. The van der Waals surface area contributed by atoms with Crippen LogP contribution in [0.2, 0.25) is 0 Å². The minimum absolute atomic E-state index is 0.0798. The molecular formula is C28H27NO6. The molecule has 0 amide bonds. The van der Waals surface area contributed by atoms with Crippen molar-refractivity contribution in [2.24, 2.45) is 0 Å². The van der Waals surface area contributed by atoms with Gasteiger partial charge in [-0.15, -0.1) is 0 Å². The molecule has 0 N–H and O–H groups in total. The number of carbonyl (C=O) groups is 1. The maximum atomic E-state index is 10.9. The normalized spacial score (nSPS) is 10.7. The maximum absolute atomic E-state index is 10.9. The van der Waals surface area contributed by atoms with Crippen LogP contribution < -0.4 is 14.2 Å². The molecule has 0 aliphatic heterocycles. The maximum Gasteiger partial charge on any atom is 0.226 e. The van der Waals surface area contributed by atoms with Crippen LogP contribution in [0.5, 0.6) is 17.2 Å². The molecule has 3 aromatic carbocycles. The van der Waals surface area contributed by atoms with Crippen LogP contribution in [-0.4, -0.2) is 32.3 Å². The summed E-state index contributed by atoms with van der Waals surface area (Å²) >= 11 is 0. The van der Waals surface area contributed by atoms with Crippen molar-refractivity contribution in [2.75, 3.05) is 21.0 Å². The Morgan fingerprint density at radius 3 is 2.57 bits per heavy atom. The highest BCUT2D eigenvalue weighted by Gasteiger charge is 2.17. The smallest absolute Gasteiger partial charge is 0.226 e. The Kier molecular flexibility index (Phi) is 8.14. The van der Waals surface area contributed by atoms with Crippen molar-refractivity contribution in [3.8, 4) is 40.0 Å². The molecule has 180 valence electrons. The monoisotopic (exact) mass is 473 g/mol. The van der Waals surface area contributed by atoms with E-state index in [0.717, 1.165) is 28.5 Å². The van der Waals surface area contributed by atoms with E-state index in [9.17, 15) is 4.79 Å². The van der Waals surface area contributed by atoms with Crippen LogP contribution in [0.1, 0.15) is 17.5 Å². The van der Waals surface area contributed by atoms with E-state index in [1.54, 1.807) is 20.5 Å². The number of hydrogen-bond donors (Lipinski definition) is 0. The standard InChI is InChI=1S/C28H27NO6/c1-31-19-35-27-21(11-7-15-30)10-6-12-23(27)24-18-34-28(29-24)22-13-14-25(32-2)26(16-22)33-17-20-8-4-3-5-9-20/h3-6,8-10,12-16,18H,7,11,17,19H2,1-2H3. The van der Waals surface area contributed by atoms with Crippen molar-refractivity contribution in [2.45, 2.75) is 19.4 Å². The van der Waals surface area contributed by atoms with Gasteiger partial charge in [0.25, 0.3) is 0 Å². The Morgan fingerprint density at radius 1 is 0.943 bits per heavy atom. The molecule has 0 bridgehead atoms. The van der Waals surface area contributed by atoms with Gasteiger partial charge in [0.05, 0.1) is 7.11 Å². The molecule has 0 saturated heterocycles. The molecule has 0 saturated carbocycles. The van der Waals surface area contributed by atoms with Gasteiger partial charge in [0, 0.05) is 24.7 Å². The van der Waals surface area contributed by atoms with Gasteiger partial charge in [0.2, 0.25) is 5.89 Å². The van der Waals surface area contributed by atoms with Crippen molar-refractivity contribution in [1.29, 1.82) is 0 Å².